The van der Waals surface area contributed by atoms with E-state index in [0.29, 0.717) is 0 Å². The van der Waals surface area contributed by atoms with Crippen LogP contribution in [-0.4, -0.2) is 21.4 Å². The van der Waals surface area contributed by atoms with Crippen molar-refractivity contribution >= 4 is 22.1 Å². The van der Waals surface area contributed by atoms with Crippen molar-refractivity contribution in [3.05, 3.63) is 61.2 Å². The summed E-state index contributed by atoms with van der Waals surface area (Å²) in [7, 11) is 1.92. The van der Waals surface area contributed by atoms with E-state index < -0.39 is 0 Å². The Morgan fingerprint density at radius 2 is 1.95 bits per heavy atom. The van der Waals surface area contributed by atoms with Crippen LogP contribution in [-0.2, 0) is 0 Å². The minimum absolute atomic E-state index is 0.940. The van der Waals surface area contributed by atoms with Crippen molar-refractivity contribution in [3.63, 3.8) is 0 Å². The van der Waals surface area contributed by atoms with Crippen molar-refractivity contribution < 1.29 is 0 Å². The predicted octanol–water partition coefficient (Wildman–Crippen LogP) is 3.59. The molecule has 0 radical (unpaired) electrons. The highest BCUT2D eigenvalue weighted by Crippen LogP contribution is 2.25. The molecule has 0 aliphatic carbocycles. The fraction of sp³-hybridized carbons (Fsp3) is 0.0588. The number of nitrogens with zero attached hydrogens (tertiary/aromatic N) is 3. The zero-order valence-corrected chi connectivity index (χ0v) is 11.6. The number of aromatic nitrogens is 3. The first-order valence-corrected chi connectivity index (χ1v) is 6.84. The number of hydrogen-bond donors (Lipinski definition) is 1. The Morgan fingerprint density at radius 1 is 1.00 bits per heavy atom. The molecule has 4 aromatic rings. The minimum atomic E-state index is 0.940. The molecule has 3 heterocycles. The first-order valence-electron chi connectivity index (χ1n) is 6.84. The molecule has 21 heavy (non-hydrogen) atoms. The normalized spacial score (nSPS) is 11.1. The molecular weight excluding hydrogens is 260 g/mol. The van der Waals surface area contributed by atoms with E-state index >= 15 is 0 Å². The number of imidazole rings is 1. The highest BCUT2D eigenvalue weighted by Gasteiger charge is 2.07. The van der Waals surface area contributed by atoms with E-state index in [9.17, 15) is 0 Å². The Morgan fingerprint density at radius 3 is 2.86 bits per heavy atom. The lowest BCUT2D eigenvalue weighted by Gasteiger charge is -2.06. The van der Waals surface area contributed by atoms with Gasteiger partial charge in [-0.25, -0.2) is 4.98 Å². The van der Waals surface area contributed by atoms with Gasteiger partial charge in [-0.1, -0.05) is 12.1 Å². The maximum atomic E-state index is 4.47. The standard InChI is InChI=1S/C17H14N4/c1-18-15-4-5-17-20-10-16(21(17)11-15)13-3-2-12-6-7-19-9-14(12)8-13/h2-11,18H,1H3. The van der Waals surface area contributed by atoms with Gasteiger partial charge in [0.2, 0.25) is 0 Å². The summed E-state index contributed by atoms with van der Waals surface area (Å²) < 4.78 is 2.10. The van der Waals surface area contributed by atoms with Crippen molar-refractivity contribution in [2.24, 2.45) is 0 Å². The molecule has 0 atom stereocenters. The van der Waals surface area contributed by atoms with Gasteiger partial charge in [-0.2, -0.15) is 0 Å². The second-order valence-corrected chi connectivity index (χ2v) is 4.98. The maximum absolute atomic E-state index is 4.47. The van der Waals surface area contributed by atoms with Crippen molar-refractivity contribution in [1.29, 1.82) is 0 Å². The van der Waals surface area contributed by atoms with E-state index in [1.807, 2.05) is 43.8 Å². The van der Waals surface area contributed by atoms with Gasteiger partial charge in [0.15, 0.2) is 0 Å². The van der Waals surface area contributed by atoms with E-state index in [1.54, 1.807) is 0 Å². The van der Waals surface area contributed by atoms with Crippen LogP contribution in [0.4, 0.5) is 5.69 Å². The Balaban J connectivity index is 1.94. The van der Waals surface area contributed by atoms with Gasteiger partial charge in [0.05, 0.1) is 17.6 Å². The Bertz CT molecular complexity index is 940. The number of anilines is 1. The molecule has 0 unspecified atom stereocenters. The number of nitrogens with one attached hydrogen (secondary N) is 1. The van der Waals surface area contributed by atoms with E-state index in [4.69, 9.17) is 0 Å². The van der Waals surface area contributed by atoms with E-state index in [2.05, 4.69) is 44.1 Å². The van der Waals surface area contributed by atoms with Gasteiger partial charge in [0.1, 0.15) is 5.65 Å². The Kier molecular flexibility index (Phi) is 2.60. The van der Waals surface area contributed by atoms with Gasteiger partial charge in [0.25, 0.3) is 0 Å². The lowest BCUT2D eigenvalue weighted by atomic mass is 10.1. The molecule has 1 N–H and O–H groups in total. The van der Waals surface area contributed by atoms with Crippen LogP contribution in [0.1, 0.15) is 0 Å². The van der Waals surface area contributed by atoms with Gasteiger partial charge in [-0.05, 0) is 29.7 Å². The zero-order valence-electron chi connectivity index (χ0n) is 11.6. The Hall–Kier alpha value is -2.88. The number of fused-ring (bicyclic) bond motifs is 2. The van der Waals surface area contributed by atoms with Crippen molar-refractivity contribution in [2.75, 3.05) is 12.4 Å². The quantitative estimate of drug-likeness (QED) is 0.607. The second kappa shape index (κ2) is 4.59. The smallest absolute Gasteiger partial charge is 0.137 e. The summed E-state index contributed by atoms with van der Waals surface area (Å²) >= 11 is 0. The summed E-state index contributed by atoms with van der Waals surface area (Å²) in [4.78, 5) is 8.66. The summed E-state index contributed by atoms with van der Waals surface area (Å²) in [5.74, 6) is 0. The topological polar surface area (TPSA) is 42.2 Å². The fourth-order valence-corrected chi connectivity index (χ4v) is 2.59. The van der Waals surface area contributed by atoms with E-state index in [1.165, 1.54) is 5.39 Å². The zero-order chi connectivity index (χ0) is 14.2. The van der Waals surface area contributed by atoms with Crippen LogP contribution in [0.25, 0.3) is 27.7 Å². The first kappa shape index (κ1) is 11.9. The van der Waals surface area contributed by atoms with Gasteiger partial charge in [-0.15, -0.1) is 0 Å². The third-order valence-corrected chi connectivity index (χ3v) is 3.73. The van der Waals surface area contributed by atoms with Crippen LogP contribution >= 0.6 is 0 Å². The lowest BCUT2D eigenvalue weighted by Crippen LogP contribution is -1.93. The maximum Gasteiger partial charge on any atom is 0.137 e. The summed E-state index contributed by atoms with van der Waals surface area (Å²) in [6.45, 7) is 0. The molecule has 1 aromatic carbocycles. The van der Waals surface area contributed by atoms with Crippen LogP contribution in [0.3, 0.4) is 0 Å². The molecule has 4 heteroatoms. The molecule has 4 rings (SSSR count). The van der Waals surface area contributed by atoms with Crippen molar-refractivity contribution in [2.45, 2.75) is 0 Å². The molecule has 0 saturated carbocycles. The first-order chi connectivity index (χ1) is 10.3. The van der Waals surface area contributed by atoms with Gasteiger partial charge in [-0.3, -0.25) is 9.38 Å². The van der Waals surface area contributed by atoms with Crippen molar-refractivity contribution in [1.82, 2.24) is 14.4 Å². The molecule has 4 nitrogen and oxygen atoms in total. The summed E-state index contributed by atoms with van der Waals surface area (Å²) in [5.41, 5.74) is 4.21. The number of hydrogen-bond acceptors (Lipinski definition) is 3. The molecular formula is C17H14N4. The van der Waals surface area contributed by atoms with E-state index in [-0.39, 0.29) is 0 Å². The number of rotatable bonds is 2. The molecule has 0 saturated heterocycles. The summed E-state index contributed by atoms with van der Waals surface area (Å²) in [6.07, 6.45) is 7.67. The SMILES string of the molecule is CNc1ccc2ncc(-c3ccc4ccncc4c3)n2c1. The molecule has 3 aromatic heterocycles. The number of benzene rings is 1. The van der Waals surface area contributed by atoms with Gasteiger partial charge in [0, 0.05) is 36.6 Å². The van der Waals surface area contributed by atoms with Crippen LogP contribution < -0.4 is 5.32 Å². The molecule has 0 spiro atoms. The molecule has 0 aliphatic heterocycles. The van der Waals surface area contributed by atoms with Crippen LogP contribution in [0.15, 0.2) is 61.2 Å². The highest BCUT2D eigenvalue weighted by molar-refractivity contribution is 5.86. The predicted molar refractivity (Wildman–Crippen MR) is 85.5 cm³/mol. The second-order valence-electron chi connectivity index (χ2n) is 4.98. The van der Waals surface area contributed by atoms with Crippen LogP contribution in [0.2, 0.25) is 0 Å². The van der Waals surface area contributed by atoms with Gasteiger partial charge >= 0.3 is 0 Å². The molecule has 0 bridgehead atoms. The summed E-state index contributed by atoms with van der Waals surface area (Å²) in [5, 5.41) is 5.49. The van der Waals surface area contributed by atoms with Crippen LogP contribution in [0, 0.1) is 0 Å². The van der Waals surface area contributed by atoms with Crippen molar-refractivity contribution in [3.8, 4) is 11.3 Å². The van der Waals surface area contributed by atoms with Gasteiger partial charge < -0.3 is 5.32 Å². The fourth-order valence-electron chi connectivity index (χ4n) is 2.59. The Labute approximate surface area is 122 Å². The molecule has 102 valence electrons. The van der Waals surface area contributed by atoms with E-state index in [0.717, 1.165) is 28.0 Å². The highest BCUT2D eigenvalue weighted by atomic mass is 15.0. The third-order valence-electron chi connectivity index (χ3n) is 3.73. The molecule has 0 amide bonds. The summed E-state index contributed by atoms with van der Waals surface area (Å²) in [6, 6.07) is 12.4. The lowest BCUT2D eigenvalue weighted by molar-refractivity contribution is 1.19. The monoisotopic (exact) mass is 274 g/mol. The average Bonchev–Trinajstić information content (AvgIpc) is 2.97. The van der Waals surface area contributed by atoms with Crippen LogP contribution in [0.5, 0.6) is 0 Å². The molecule has 0 fully saturated rings. The minimum Gasteiger partial charge on any atom is -0.387 e. The third kappa shape index (κ3) is 1.92. The number of pyridine rings is 2. The average molecular weight is 274 g/mol. The molecule has 0 aliphatic rings. The largest absolute Gasteiger partial charge is 0.387 e.